The van der Waals surface area contributed by atoms with Gasteiger partial charge in [-0.3, -0.25) is 0 Å². The molecule has 0 aromatic heterocycles. The normalized spacial score (nSPS) is 13.1. The molecule has 1 rings (SSSR count). The summed E-state index contributed by atoms with van der Waals surface area (Å²) in [4.78, 5) is 2.21. The van der Waals surface area contributed by atoms with E-state index in [2.05, 4.69) is 44.2 Å². The van der Waals surface area contributed by atoms with Gasteiger partial charge in [0, 0.05) is 17.6 Å². The number of aryl methyl sites for hydroxylation is 1. The Morgan fingerprint density at radius 3 is 2.65 bits per heavy atom. The maximum atomic E-state index is 5.94. The van der Waals surface area contributed by atoms with Crippen molar-refractivity contribution in [1.82, 2.24) is 10.2 Å². The quantitative estimate of drug-likeness (QED) is 0.839. The fourth-order valence-electron chi connectivity index (χ4n) is 1.70. The molecular formula is C14H23ClN2. The lowest BCUT2D eigenvalue weighted by Crippen LogP contribution is -2.29. The largest absolute Gasteiger partial charge is 0.310 e. The van der Waals surface area contributed by atoms with Crippen molar-refractivity contribution < 1.29 is 0 Å². The summed E-state index contributed by atoms with van der Waals surface area (Å²) < 4.78 is 0. The minimum atomic E-state index is 0.535. The summed E-state index contributed by atoms with van der Waals surface area (Å²) in [5.41, 5.74) is 2.58. The molecule has 1 N–H and O–H groups in total. The zero-order valence-electron chi connectivity index (χ0n) is 11.3. The third-order valence-electron chi connectivity index (χ3n) is 2.95. The molecule has 1 atom stereocenters. The topological polar surface area (TPSA) is 15.3 Å². The lowest BCUT2D eigenvalue weighted by atomic mass is 10.1. The number of hydrogen-bond acceptors (Lipinski definition) is 2. The van der Waals surface area contributed by atoms with Crippen LogP contribution in [0.15, 0.2) is 18.2 Å². The van der Waals surface area contributed by atoms with Crippen molar-refractivity contribution in [2.45, 2.75) is 32.9 Å². The predicted molar refractivity (Wildman–Crippen MR) is 75.7 cm³/mol. The second-order valence-electron chi connectivity index (χ2n) is 4.94. The first-order chi connectivity index (χ1) is 7.99. The van der Waals surface area contributed by atoms with Crippen LogP contribution in [0, 0.1) is 6.92 Å². The van der Waals surface area contributed by atoms with Crippen molar-refractivity contribution in [1.29, 1.82) is 0 Å². The smallest absolute Gasteiger partial charge is 0.0408 e. The fraction of sp³-hybridized carbons (Fsp3) is 0.571. The van der Waals surface area contributed by atoms with Gasteiger partial charge in [0.2, 0.25) is 0 Å². The van der Waals surface area contributed by atoms with Gasteiger partial charge in [-0.2, -0.15) is 0 Å². The molecule has 0 aliphatic rings. The average molecular weight is 255 g/mol. The van der Waals surface area contributed by atoms with E-state index < -0.39 is 0 Å². The summed E-state index contributed by atoms with van der Waals surface area (Å²) in [7, 11) is 4.21. The summed E-state index contributed by atoms with van der Waals surface area (Å²) in [5, 5.41) is 4.36. The van der Waals surface area contributed by atoms with Gasteiger partial charge in [0.25, 0.3) is 0 Å². The number of benzene rings is 1. The Labute approximate surface area is 110 Å². The highest BCUT2D eigenvalue weighted by Gasteiger charge is 2.04. The van der Waals surface area contributed by atoms with E-state index in [0.29, 0.717) is 6.04 Å². The van der Waals surface area contributed by atoms with Crippen molar-refractivity contribution in [3.63, 3.8) is 0 Å². The highest BCUT2D eigenvalue weighted by Crippen LogP contribution is 2.15. The van der Waals surface area contributed by atoms with Crippen LogP contribution in [-0.2, 0) is 6.54 Å². The van der Waals surface area contributed by atoms with E-state index in [1.54, 1.807) is 0 Å². The van der Waals surface area contributed by atoms with Crippen LogP contribution < -0.4 is 5.32 Å². The molecule has 96 valence electrons. The third kappa shape index (κ3) is 5.53. The number of nitrogens with zero attached hydrogens (tertiary/aromatic N) is 1. The molecule has 1 unspecified atom stereocenters. The molecule has 0 bridgehead atoms. The van der Waals surface area contributed by atoms with Crippen LogP contribution in [0.25, 0.3) is 0 Å². The summed E-state index contributed by atoms with van der Waals surface area (Å²) in [6.07, 6.45) is 1.17. The molecule has 2 nitrogen and oxygen atoms in total. The molecule has 0 heterocycles. The van der Waals surface area contributed by atoms with E-state index in [4.69, 9.17) is 11.6 Å². The van der Waals surface area contributed by atoms with Crippen molar-refractivity contribution >= 4 is 11.6 Å². The van der Waals surface area contributed by atoms with Gasteiger partial charge in [0.1, 0.15) is 0 Å². The maximum Gasteiger partial charge on any atom is 0.0408 e. The zero-order chi connectivity index (χ0) is 12.8. The van der Waals surface area contributed by atoms with E-state index >= 15 is 0 Å². The van der Waals surface area contributed by atoms with Crippen LogP contribution >= 0.6 is 11.6 Å². The third-order valence-corrected chi connectivity index (χ3v) is 3.19. The van der Waals surface area contributed by atoms with Crippen LogP contribution in [0.2, 0.25) is 5.02 Å². The predicted octanol–water partition coefficient (Wildman–Crippen LogP) is 3.08. The van der Waals surface area contributed by atoms with Gasteiger partial charge in [-0.1, -0.05) is 17.7 Å². The molecule has 3 heteroatoms. The Morgan fingerprint density at radius 2 is 2.06 bits per heavy atom. The second kappa shape index (κ2) is 7.00. The second-order valence-corrected chi connectivity index (χ2v) is 5.38. The van der Waals surface area contributed by atoms with Crippen LogP contribution in [0.5, 0.6) is 0 Å². The van der Waals surface area contributed by atoms with Gasteiger partial charge in [0.15, 0.2) is 0 Å². The Bertz CT molecular complexity index is 350. The lowest BCUT2D eigenvalue weighted by molar-refractivity contribution is 0.365. The van der Waals surface area contributed by atoms with E-state index in [9.17, 15) is 0 Å². The summed E-state index contributed by atoms with van der Waals surface area (Å²) in [6, 6.07) is 6.61. The van der Waals surface area contributed by atoms with Crippen molar-refractivity contribution in [2.75, 3.05) is 20.6 Å². The zero-order valence-corrected chi connectivity index (χ0v) is 12.0. The highest BCUT2D eigenvalue weighted by molar-refractivity contribution is 6.30. The summed E-state index contributed by atoms with van der Waals surface area (Å²) in [5.74, 6) is 0. The molecule has 0 fully saturated rings. The molecule has 17 heavy (non-hydrogen) atoms. The van der Waals surface area contributed by atoms with Crippen molar-refractivity contribution in [2.24, 2.45) is 0 Å². The Morgan fingerprint density at radius 1 is 1.35 bits per heavy atom. The maximum absolute atomic E-state index is 5.94. The minimum absolute atomic E-state index is 0.535. The van der Waals surface area contributed by atoms with Gasteiger partial charge >= 0.3 is 0 Å². The van der Waals surface area contributed by atoms with Crippen molar-refractivity contribution in [3.05, 3.63) is 34.3 Å². The first-order valence-electron chi connectivity index (χ1n) is 6.12. The van der Waals surface area contributed by atoms with Crippen LogP contribution in [0.4, 0.5) is 0 Å². The number of halogens is 1. The van der Waals surface area contributed by atoms with Crippen LogP contribution in [0.1, 0.15) is 24.5 Å². The Balaban J connectivity index is 2.39. The minimum Gasteiger partial charge on any atom is -0.310 e. The van der Waals surface area contributed by atoms with E-state index in [-0.39, 0.29) is 0 Å². The van der Waals surface area contributed by atoms with Gasteiger partial charge in [-0.15, -0.1) is 0 Å². The number of nitrogens with one attached hydrogen (secondary N) is 1. The lowest BCUT2D eigenvalue weighted by Gasteiger charge is -2.17. The van der Waals surface area contributed by atoms with Gasteiger partial charge < -0.3 is 10.2 Å². The average Bonchev–Trinajstić information content (AvgIpc) is 2.25. The molecule has 0 spiro atoms. The molecule has 0 saturated carbocycles. The summed E-state index contributed by atoms with van der Waals surface area (Å²) >= 11 is 5.94. The molecule has 0 aliphatic heterocycles. The number of rotatable bonds is 6. The molecule has 0 radical (unpaired) electrons. The Hall–Kier alpha value is -0.570. The molecule has 0 aliphatic carbocycles. The highest BCUT2D eigenvalue weighted by atomic mass is 35.5. The Kier molecular flexibility index (Phi) is 5.96. The molecule has 0 amide bonds. The standard InChI is InChI=1S/C14H23ClN2/c1-11-9-14(15)6-5-13(11)10-16-12(2)7-8-17(3)4/h5-6,9,12,16H,7-8,10H2,1-4H3. The van der Waals surface area contributed by atoms with Gasteiger partial charge in [-0.05, 0) is 64.2 Å². The number of hydrogen-bond donors (Lipinski definition) is 1. The first kappa shape index (κ1) is 14.5. The first-order valence-corrected chi connectivity index (χ1v) is 6.50. The SMILES string of the molecule is Cc1cc(Cl)ccc1CNC(C)CCN(C)C. The molecular weight excluding hydrogens is 232 g/mol. The van der Waals surface area contributed by atoms with Crippen LogP contribution in [-0.4, -0.2) is 31.6 Å². The molecule has 1 aromatic carbocycles. The van der Waals surface area contributed by atoms with Gasteiger partial charge in [0.05, 0.1) is 0 Å². The van der Waals surface area contributed by atoms with Gasteiger partial charge in [-0.25, -0.2) is 0 Å². The van der Waals surface area contributed by atoms with E-state index in [0.717, 1.165) is 18.1 Å². The molecule has 0 saturated heterocycles. The fourth-order valence-corrected chi connectivity index (χ4v) is 1.92. The summed E-state index contributed by atoms with van der Waals surface area (Å²) in [6.45, 7) is 6.37. The van der Waals surface area contributed by atoms with Crippen LogP contribution in [0.3, 0.4) is 0 Å². The van der Waals surface area contributed by atoms with Crippen molar-refractivity contribution in [3.8, 4) is 0 Å². The van der Waals surface area contributed by atoms with E-state index in [1.807, 2.05) is 12.1 Å². The monoisotopic (exact) mass is 254 g/mol. The van der Waals surface area contributed by atoms with E-state index in [1.165, 1.54) is 17.5 Å². The molecule has 1 aromatic rings.